The van der Waals surface area contributed by atoms with E-state index >= 15 is 0 Å². The summed E-state index contributed by atoms with van der Waals surface area (Å²) in [6, 6.07) is 5.83. The van der Waals surface area contributed by atoms with Crippen molar-refractivity contribution in [2.75, 3.05) is 5.75 Å². The van der Waals surface area contributed by atoms with Crippen molar-refractivity contribution in [3.63, 3.8) is 0 Å². The molecule has 3 rings (SSSR count). The van der Waals surface area contributed by atoms with E-state index in [1.54, 1.807) is 0 Å². The summed E-state index contributed by atoms with van der Waals surface area (Å²) in [5.41, 5.74) is -0.628. The number of alkyl halides is 3. The van der Waals surface area contributed by atoms with Gasteiger partial charge in [-0.2, -0.15) is 13.2 Å². The number of rotatable bonds is 3. The van der Waals surface area contributed by atoms with Gasteiger partial charge in [0, 0.05) is 6.20 Å². The summed E-state index contributed by atoms with van der Waals surface area (Å²) in [7, 11) is -3.64. The monoisotopic (exact) mass is 356 g/mol. The number of aromatic nitrogens is 2. The minimum absolute atomic E-state index is 0.0106. The first kappa shape index (κ1) is 16.4. The second-order valence-corrected chi connectivity index (χ2v) is 7.15. The predicted molar refractivity (Wildman–Crippen MR) is 80.0 cm³/mol. The number of nitrogens with zero attached hydrogens (tertiary/aromatic N) is 2. The average Bonchev–Trinajstić information content (AvgIpc) is 2.97. The maximum Gasteiger partial charge on any atom is 0.416 e. The first-order chi connectivity index (χ1) is 11.2. The molecule has 0 saturated carbocycles. The van der Waals surface area contributed by atoms with Crippen molar-refractivity contribution in [2.45, 2.75) is 18.1 Å². The van der Waals surface area contributed by atoms with Gasteiger partial charge in [-0.3, -0.25) is 0 Å². The standard InChI is InChI=1S/C15H11F3N2O3S/c1-2-24(21,22)14-10(4-3-7-19-14)13-20-11-8-9(15(16,17)18)5-6-12(11)23-13/h3-8H,2H2,1H3. The highest BCUT2D eigenvalue weighted by Crippen LogP contribution is 2.33. The molecule has 0 radical (unpaired) electrons. The van der Waals surface area contributed by atoms with Crippen molar-refractivity contribution in [3.05, 3.63) is 42.1 Å². The Morgan fingerprint density at radius 1 is 1.21 bits per heavy atom. The topological polar surface area (TPSA) is 73.1 Å². The van der Waals surface area contributed by atoms with E-state index < -0.39 is 21.6 Å². The number of fused-ring (bicyclic) bond motifs is 1. The fourth-order valence-electron chi connectivity index (χ4n) is 2.16. The molecule has 0 aliphatic carbocycles. The van der Waals surface area contributed by atoms with E-state index in [4.69, 9.17) is 4.42 Å². The zero-order chi connectivity index (χ0) is 17.5. The predicted octanol–water partition coefficient (Wildman–Crippen LogP) is 3.70. The Hall–Kier alpha value is -2.42. The third-order valence-corrected chi connectivity index (χ3v) is 5.07. The smallest absolute Gasteiger partial charge is 0.416 e. The Balaban J connectivity index is 2.18. The lowest BCUT2D eigenvalue weighted by Gasteiger charge is -2.04. The van der Waals surface area contributed by atoms with Crippen LogP contribution in [0.2, 0.25) is 0 Å². The van der Waals surface area contributed by atoms with Crippen LogP contribution in [-0.2, 0) is 16.0 Å². The lowest BCUT2D eigenvalue weighted by molar-refractivity contribution is -0.137. The molecule has 126 valence electrons. The van der Waals surface area contributed by atoms with E-state index in [0.29, 0.717) is 0 Å². The molecule has 0 bridgehead atoms. The van der Waals surface area contributed by atoms with Gasteiger partial charge in [-0.1, -0.05) is 6.92 Å². The maximum atomic E-state index is 12.8. The Morgan fingerprint density at radius 2 is 1.96 bits per heavy atom. The van der Waals surface area contributed by atoms with Crippen molar-refractivity contribution in [1.82, 2.24) is 9.97 Å². The fraction of sp³-hybridized carbons (Fsp3) is 0.200. The lowest BCUT2D eigenvalue weighted by atomic mass is 10.2. The Bertz CT molecular complexity index is 1010. The van der Waals surface area contributed by atoms with Crippen molar-refractivity contribution in [3.8, 4) is 11.5 Å². The number of sulfone groups is 1. The molecule has 1 aromatic carbocycles. The summed E-state index contributed by atoms with van der Waals surface area (Å²) >= 11 is 0. The molecule has 0 aliphatic heterocycles. The molecule has 0 unspecified atom stereocenters. The zero-order valence-corrected chi connectivity index (χ0v) is 13.1. The summed E-state index contributed by atoms with van der Waals surface area (Å²) in [5.74, 6) is -0.264. The minimum Gasteiger partial charge on any atom is -0.436 e. The van der Waals surface area contributed by atoms with Gasteiger partial charge >= 0.3 is 6.18 Å². The highest BCUT2D eigenvalue weighted by atomic mass is 32.2. The Labute approximate surface area is 135 Å². The van der Waals surface area contributed by atoms with Crippen LogP contribution >= 0.6 is 0 Å². The van der Waals surface area contributed by atoms with Crippen LogP contribution in [0.25, 0.3) is 22.6 Å². The number of hydrogen-bond acceptors (Lipinski definition) is 5. The fourth-order valence-corrected chi connectivity index (χ4v) is 3.14. The average molecular weight is 356 g/mol. The number of hydrogen-bond donors (Lipinski definition) is 0. The third-order valence-electron chi connectivity index (χ3n) is 3.39. The van der Waals surface area contributed by atoms with E-state index in [-0.39, 0.29) is 33.3 Å². The second kappa shape index (κ2) is 5.59. The number of oxazole rings is 1. The van der Waals surface area contributed by atoms with Gasteiger partial charge < -0.3 is 4.42 Å². The number of halogens is 3. The van der Waals surface area contributed by atoms with Gasteiger partial charge in [0.1, 0.15) is 5.52 Å². The highest BCUT2D eigenvalue weighted by molar-refractivity contribution is 7.91. The normalized spacial score (nSPS) is 12.7. The molecule has 5 nitrogen and oxygen atoms in total. The van der Waals surface area contributed by atoms with E-state index in [1.165, 1.54) is 25.3 Å². The van der Waals surface area contributed by atoms with Crippen LogP contribution in [0, 0.1) is 0 Å². The van der Waals surface area contributed by atoms with Crippen LogP contribution < -0.4 is 0 Å². The molecule has 0 saturated heterocycles. The van der Waals surface area contributed by atoms with E-state index in [9.17, 15) is 21.6 Å². The molecular formula is C15H11F3N2O3S. The van der Waals surface area contributed by atoms with Gasteiger partial charge in [-0.05, 0) is 30.3 Å². The second-order valence-electron chi connectivity index (χ2n) is 4.96. The van der Waals surface area contributed by atoms with Crippen LogP contribution in [0.3, 0.4) is 0 Å². The van der Waals surface area contributed by atoms with Gasteiger partial charge in [0.15, 0.2) is 20.4 Å². The Morgan fingerprint density at radius 3 is 2.62 bits per heavy atom. The molecule has 0 amide bonds. The lowest BCUT2D eigenvalue weighted by Crippen LogP contribution is -2.07. The first-order valence-electron chi connectivity index (χ1n) is 6.88. The van der Waals surface area contributed by atoms with Crippen molar-refractivity contribution >= 4 is 20.9 Å². The molecule has 0 spiro atoms. The molecule has 0 atom stereocenters. The van der Waals surface area contributed by atoms with Crippen LogP contribution in [0.15, 0.2) is 46.0 Å². The van der Waals surface area contributed by atoms with Crippen LogP contribution in [0.5, 0.6) is 0 Å². The van der Waals surface area contributed by atoms with Crippen LogP contribution in [0.4, 0.5) is 13.2 Å². The summed E-state index contributed by atoms with van der Waals surface area (Å²) in [6.45, 7) is 1.47. The molecule has 0 fully saturated rings. The molecule has 2 heterocycles. The largest absolute Gasteiger partial charge is 0.436 e. The SMILES string of the molecule is CCS(=O)(=O)c1ncccc1-c1nc2cc(C(F)(F)F)ccc2o1. The van der Waals surface area contributed by atoms with Gasteiger partial charge in [0.2, 0.25) is 5.89 Å². The highest BCUT2D eigenvalue weighted by Gasteiger charge is 2.31. The summed E-state index contributed by atoms with van der Waals surface area (Å²) in [6.07, 6.45) is -3.19. The number of benzene rings is 1. The Kier molecular flexibility index (Phi) is 3.83. The van der Waals surface area contributed by atoms with E-state index in [0.717, 1.165) is 18.2 Å². The molecular weight excluding hydrogens is 345 g/mol. The number of pyridine rings is 1. The molecule has 0 N–H and O–H groups in total. The quantitative estimate of drug-likeness (QED) is 0.715. The van der Waals surface area contributed by atoms with Crippen molar-refractivity contribution in [2.24, 2.45) is 0 Å². The van der Waals surface area contributed by atoms with E-state index in [1.807, 2.05) is 0 Å². The van der Waals surface area contributed by atoms with Gasteiger partial charge in [-0.15, -0.1) is 0 Å². The third kappa shape index (κ3) is 2.86. The molecule has 3 aromatic rings. The van der Waals surface area contributed by atoms with E-state index in [2.05, 4.69) is 9.97 Å². The summed E-state index contributed by atoms with van der Waals surface area (Å²) in [4.78, 5) is 7.85. The molecule has 9 heteroatoms. The molecule has 2 aromatic heterocycles. The van der Waals surface area contributed by atoms with Crippen molar-refractivity contribution < 1.29 is 26.0 Å². The van der Waals surface area contributed by atoms with Crippen LogP contribution in [0.1, 0.15) is 12.5 Å². The summed E-state index contributed by atoms with van der Waals surface area (Å²) in [5, 5.41) is -0.213. The minimum atomic E-state index is -4.50. The van der Waals surface area contributed by atoms with Crippen LogP contribution in [-0.4, -0.2) is 24.1 Å². The summed E-state index contributed by atoms with van der Waals surface area (Å²) < 4.78 is 67.9. The van der Waals surface area contributed by atoms with Gasteiger partial charge in [0.05, 0.1) is 16.9 Å². The van der Waals surface area contributed by atoms with Crippen molar-refractivity contribution in [1.29, 1.82) is 0 Å². The first-order valence-corrected chi connectivity index (χ1v) is 8.53. The maximum absolute atomic E-state index is 12.8. The van der Waals surface area contributed by atoms with Gasteiger partial charge in [0.25, 0.3) is 0 Å². The van der Waals surface area contributed by atoms with Gasteiger partial charge in [-0.25, -0.2) is 18.4 Å². The molecule has 0 aliphatic rings. The molecule has 24 heavy (non-hydrogen) atoms. The zero-order valence-electron chi connectivity index (χ0n) is 12.3.